The SMILES string of the molecule is CCOc1cc(C#N)cc(Cl)c1OC(=O)CCN1C(=O)[C@H]2CCCC[C@@H]2C1=O. The van der Waals surface area contributed by atoms with Crippen molar-refractivity contribution in [1.29, 1.82) is 5.26 Å². The van der Waals surface area contributed by atoms with E-state index in [9.17, 15) is 14.4 Å². The van der Waals surface area contributed by atoms with Crippen LogP contribution in [-0.2, 0) is 14.4 Å². The van der Waals surface area contributed by atoms with Crippen molar-refractivity contribution in [2.75, 3.05) is 13.2 Å². The number of fused-ring (bicyclic) bond motifs is 1. The minimum atomic E-state index is -0.636. The van der Waals surface area contributed by atoms with Gasteiger partial charge in [0.05, 0.1) is 41.5 Å². The van der Waals surface area contributed by atoms with Crippen LogP contribution in [0.1, 0.15) is 44.6 Å². The van der Waals surface area contributed by atoms with Gasteiger partial charge in [-0.25, -0.2) is 0 Å². The molecule has 2 amide bonds. The molecule has 1 aromatic rings. The summed E-state index contributed by atoms with van der Waals surface area (Å²) in [5.41, 5.74) is 0.282. The van der Waals surface area contributed by atoms with E-state index in [1.807, 2.05) is 6.07 Å². The summed E-state index contributed by atoms with van der Waals surface area (Å²) in [6.45, 7) is 2.04. The first-order valence-corrected chi connectivity index (χ1v) is 9.76. The number of carbonyl (C=O) groups is 3. The maximum atomic E-state index is 12.5. The standard InChI is InChI=1S/C20H21ClN2O5/c1-2-27-16-10-12(11-22)9-15(21)18(16)28-17(24)7-8-23-19(25)13-5-3-4-6-14(13)20(23)26/h9-10,13-14H,2-8H2,1H3/t13-,14-/m0/s1. The van der Waals surface area contributed by atoms with Gasteiger partial charge in [0.1, 0.15) is 0 Å². The molecule has 0 bridgehead atoms. The second kappa shape index (κ2) is 8.61. The number of benzene rings is 1. The van der Waals surface area contributed by atoms with Crippen LogP contribution in [0.5, 0.6) is 11.5 Å². The number of rotatable bonds is 6. The van der Waals surface area contributed by atoms with Crippen molar-refractivity contribution < 1.29 is 23.9 Å². The number of nitrogens with zero attached hydrogens (tertiary/aromatic N) is 2. The van der Waals surface area contributed by atoms with E-state index in [1.54, 1.807) is 6.92 Å². The molecule has 0 unspecified atom stereocenters. The van der Waals surface area contributed by atoms with Crippen LogP contribution in [0.25, 0.3) is 0 Å². The van der Waals surface area contributed by atoms with Crippen LogP contribution < -0.4 is 9.47 Å². The predicted molar refractivity (Wildman–Crippen MR) is 99.8 cm³/mol. The molecule has 0 aromatic heterocycles. The molecule has 1 aromatic carbocycles. The molecular weight excluding hydrogens is 384 g/mol. The first kappa shape index (κ1) is 20.2. The molecule has 2 aliphatic rings. The zero-order valence-corrected chi connectivity index (χ0v) is 16.3. The third-order valence-corrected chi connectivity index (χ3v) is 5.41. The van der Waals surface area contributed by atoms with Crippen LogP contribution in [0.2, 0.25) is 5.02 Å². The molecule has 1 saturated carbocycles. The number of hydrogen-bond donors (Lipinski definition) is 0. The van der Waals surface area contributed by atoms with Crippen LogP contribution in [0.15, 0.2) is 12.1 Å². The smallest absolute Gasteiger partial charge is 0.313 e. The lowest BCUT2D eigenvalue weighted by Gasteiger charge is -2.19. The van der Waals surface area contributed by atoms with Gasteiger partial charge in [-0.3, -0.25) is 19.3 Å². The molecule has 2 atom stereocenters. The summed E-state index contributed by atoms with van der Waals surface area (Å²) in [4.78, 5) is 38.4. The summed E-state index contributed by atoms with van der Waals surface area (Å²) in [5.74, 6) is -1.27. The normalized spacial score (nSPS) is 21.2. The van der Waals surface area contributed by atoms with Crippen LogP contribution in [0.3, 0.4) is 0 Å². The van der Waals surface area contributed by atoms with E-state index in [4.69, 9.17) is 26.3 Å². The fourth-order valence-corrected chi connectivity index (χ4v) is 4.06. The number of ether oxygens (including phenoxy) is 2. The Labute approximate surface area is 168 Å². The molecule has 0 spiro atoms. The lowest BCUT2D eigenvalue weighted by Crippen LogP contribution is -2.33. The van der Waals surface area contributed by atoms with Gasteiger partial charge < -0.3 is 9.47 Å². The van der Waals surface area contributed by atoms with Gasteiger partial charge >= 0.3 is 5.97 Å². The molecule has 3 rings (SSSR count). The van der Waals surface area contributed by atoms with Crippen molar-refractivity contribution in [2.45, 2.75) is 39.0 Å². The van der Waals surface area contributed by atoms with Crippen LogP contribution in [0.4, 0.5) is 0 Å². The Morgan fingerprint density at radius 3 is 2.46 bits per heavy atom. The van der Waals surface area contributed by atoms with E-state index in [0.717, 1.165) is 25.7 Å². The van der Waals surface area contributed by atoms with Crippen molar-refractivity contribution >= 4 is 29.4 Å². The van der Waals surface area contributed by atoms with Crippen LogP contribution in [-0.4, -0.2) is 35.8 Å². The lowest BCUT2D eigenvalue weighted by molar-refractivity contribution is -0.141. The van der Waals surface area contributed by atoms with Crippen LogP contribution in [0, 0.1) is 23.2 Å². The van der Waals surface area contributed by atoms with Crippen LogP contribution >= 0.6 is 11.6 Å². The van der Waals surface area contributed by atoms with Crippen molar-refractivity contribution in [1.82, 2.24) is 4.90 Å². The first-order valence-electron chi connectivity index (χ1n) is 9.38. The topological polar surface area (TPSA) is 96.7 Å². The average Bonchev–Trinajstić information content (AvgIpc) is 2.93. The van der Waals surface area contributed by atoms with Gasteiger partial charge in [0.15, 0.2) is 11.5 Å². The molecule has 28 heavy (non-hydrogen) atoms. The highest BCUT2D eigenvalue weighted by atomic mass is 35.5. The van der Waals surface area contributed by atoms with Crippen molar-refractivity contribution in [2.24, 2.45) is 11.8 Å². The number of esters is 1. The lowest BCUT2D eigenvalue weighted by atomic mass is 9.81. The van der Waals surface area contributed by atoms with Gasteiger partial charge in [0.25, 0.3) is 0 Å². The van der Waals surface area contributed by atoms with E-state index in [0.29, 0.717) is 6.61 Å². The molecule has 1 aliphatic carbocycles. The number of imide groups is 1. The monoisotopic (exact) mass is 404 g/mol. The number of carbonyl (C=O) groups excluding carboxylic acids is 3. The van der Waals surface area contributed by atoms with E-state index in [-0.39, 0.29) is 58.7 Å². The Bertz CT molecular complexity index is 824. The molecule has 1 saturated heterocycles. The van der Waals surface area contributed by atoms with Gasteiger partial charge in [-0.2, -0.15) is 5.26 Å². The molecule has 0 radical (unpaired) electrons. The molecule has 1 aliphatic heterocycles. The summed E-state index contributed by atoms with van der Waals surface area (Å²) in [6.07, 6.45) is 3.23. The van der Waals surface area contributed by atoms with Gasteiger partial charge in [-0.05, 0) is 25.8 Å². The maximum absolute atomic E-state index is 12.5. The van der Waals surface area contributed by atoms with Gasteiger partial charge in [-0.15, -0.1) is 0 Å². The molecule has 1 heterocycles. The summed E-state index contributed by atoms with van der Waals surface area (Å²) in [7, 11) is 0. The zero-order valence-electron chi connectivity index (χ0n) is 15.6. The minimum absolute atomic E-state index is 0.0125. The molecule has 148 valence electrons. The fourth-order valence-electron chi connectivity index (χ4n) is 3.81. The van der Waals surface area contributed by atoms with Gasteiger partial charge in [-0.1, -0.05) is 24.4 Å². The quantitative estimate of drug-likeness (QED) is 0.410. The molecule has 2 fully saturated rings. The van der Waals surface area contributed by atoms with E-state index in [2.05, 4.69) is 0 Å². The second-order valence-corrected chi connectivity index (χ2v) is 7.29. The summed E-state index contributed by atoms with van der Waals surface area (Å²) in [5, 5.41) is 9.11. The Hall–Kier alpha value is -2.59. The number of hydrogen-bond acceptors (Lipinski definition) is 6. The highest BCUT2D eigenvalue weighted by Gasteiger charge is 2.47. The van der Waals surface area contributed by atoms with Gasteiger partial charge in [0.2, 0.25) is 11.8 Å². The summed E-state index contributed by atoms with van der Waals surface area (Å²) < 4.78 is 10.7. The van der Waals surface area contributed by atoms with Crippen molar-refractivity contribution in [3.63, 3.8) is 0 Å². The average molecular weight is 405 g/mol. The molecular formula is C20H21ClN2O5. The van der Waals surface area contributed by atoms with E-state index in [1.165, 1.54) is 17.0 Å². The Morgan fingerprint density at radius 2 is 1.89 bits per heavy atom. The summed E-state index contributed by atoms with van der Waals surface area (Å²) >= 11 is 6.12. The number of amides is 2. The number of likely N-dealkylation sites (tertiary alicyclic amines) is 1. The molecule has 7 nitrogen and oxygen atoms in total. The molecule has 0 N–H and O–H groups in total. The Kier molecular flexibility index (Phi) is 6.20. The zero-order chi connectivity index (χ0) is 20.3. The molecule has 8 heteroatoms. The second-order valence-electron chi connectivity index (χ2n) is 6.88. The third kappa shape index (κ3) is 3.97. The summed E-state index contributed by atoms with van der Waals surface area (Å²) in [6, 6.07) is 4.78. The third-order valence-electron chi connectivity index (χ3n) is 5.13. The highest BCUT2D eigenvalue weighted by molar-refractivity contribution is 6.32. The highest BCUT2D eigenvalue weighted by Crippen LogP contribution is 2.39. The van der Waals surface area contributed by atoms with Crippen molar-refractivity contribution in [3.8, 4) is 17.6 Å². The fraction of sp³-hybridized carbons (Fsp3) is 0.500. The van der Waals surface area contributed by atoms with E-state index >= 15 is 0 Å². The Morgan fingerprint density at radius 1 is 1.25 bits per heavy atom. The van der Waals surface area contributed by atoms with E-state index < -0.39 is 5.97 Å². The Balaban J connectivity index is 1.66. The minimum Gasteiger partial charge on any atom is -0.490 e. The number of halogens is 1. The number of nitriles is 1. The van der Waals surface area contributed by atoms with Gasteiger partial charge in [0, 0.05) is 12.6 Å². The maximum Gasteiger partial charge on any atom is 0.313 e. The first-order chi connectivity index (χ1) is 13.5. The predicted octanol–water partition coefficient (Wildman–Crippen LogP) is 3.08. The largest absolute Gasteiger partial charge is 0.490 e. The van der Waals surface area contributed by atoms with Crippen molar-refractivity contribution in [3.05, 3.63) is 22.7 Å².